The fourth-order valence-electron chi connectivity index (χ4n) is 1.39. The van der Waals surface area contributed by atoms with Crippen LogP contribution in [0.25, 0.3) is 0 Å². The summed E-state index contributed by atoms with van der Waals surface area (Å²) in [5.74, 6) is -0.386. The van der Waals surface area contributed by atoms with E-state index in [1.54, 1.807) is 12.1 Å². The van der Waals surface area contributed by atoms with E-state index in [2.05, 4.69) is 0 Å². The van der Waals surface area contributed by atoms with Crippen LogP contribution in [-0.2, 0) is 0 Å². The summed E-state index contributed by atoms with van der Waals surface area (Å²) in [6.07, 6.45) is 2.01. The summed E-state index contributed by atoms with van der Waals surface area (Å²) < 4.78 is 12.8. The van der Waals surface area contributed by atoms with Crippen LogP contribution in [-0.4, -0.2) is 11.8 Å². The average molecular weight is 209 g/mol. The third-order valence-electron chi connectivity index (χ3n) is 2.21. The molecule has 3 heteroatoms. The van der Waals surface area contributed by atoms with E-state index in [0.29, 0.717) is 12.0 Å². The first-order valence-electron chi connectivity index (χ1n) is 5.14. The standard InChI is InChI=1S/C12H16FNO/c1-9(14)4-2-7-12(15)10-5-3-6-11(13)8-10/h3,5-6,8-9H,2,4,7,14H2,1H3. The predicted molar refractivity (Wildman–Crippen MR) is 58.2 cm³/mol. The molecule has 0 aliphatic heterocycles. The van der Waals surface area contributed by atoms with Gasteiger partial charge in [0.05, 0.1) is 0 Å². The molecule has 1 aromatic carbocycles. The molecule has 82 valence electrons. The average Bonchev–Trinajstić information content (AvgIpc) is 2.17. The minimum atomic E-state index is -0.368. The van der Waals surface area contributed by atoms with E-state index in [4.69, 9.17) is 5.73 Å². The number of carbonyl (C=O) groups excluding carboxylic acids is 1. The molecule has 0 bridgehead atoms. The smallest absolute Gasteiger partial charge is 0.162 e. The molecule has 0 saturated heterocycles. The van der Waals surface area contributed by atoms with Gasteiger partial charge in [0, 0.05) is 18.0 Å². The van der Waals surface area contributed by atoms with Crippen molar-refractivity contribution in [3.63, 3.8) is 0 Å². The van der Waals surface area contributed by atoms with Crippen molar-refractivity contribution in [3.05, 3.63) is 35.6 Å². The number of halogens is 1. The maximum absolute atomic E-state index is 12.8. The van der Waals surface area contributed by atoms with Crippen LogP contribution in [0, 0.1) is 5.82 Å². The maximum atomic E-state index is 12.8. The van der Waals surface area contributed by atoms with Crippen LogP contribution < -0.4 is 5.73 Å². The van der Waals surface area contributed by atoms with Gasteiger partial charge in [-0.1, -0.05) is 12.1 Å². The molecule has 0 aromatic heterocycles. The Morgan fingerprint density at radius 3 is 2.87 bits per heavy atom. The van der Waals surface area contributed by atoms with Crippen molar-refractivity contribution >= 4 is 5.78 Å². The van der Waals surface area contributed by atoms with Gasteiger partial charge in [-0.05, 0) is 31.9 Å². The number of nitrogens with two attached hydrogens (primary N) is 1. The summed E-state index contributed by atoms with van der Waals surface area (Å²) in [5, 5.41) is 0. The minimum Gasteiger partial charge on any atom is -0.328 e. The van der Waals surface area contributed by atoms with Crippen LogP contribution in [0.2, 0.25) is 0 Å². The fourth-order valence-corrected chi connectivity index (χ4v) is 1.39. The van der Waals surface area contributed by atoms with Gasteiger partial charge in [-0.25, -0.2) is 4.39 Å². The zero-order valence-corrected chi connectivity index (χ0v) is 8.87. The van der Waals surface area contributed by atoms with Gasteiger partial charge in [0.15, 0.2) is 5.78 Å². The van der Waals surface area contributed by atoms with E-state index in [9.17, 15) is 9.18 Å². The van der Waals surface area contributed by atoms with Gasteiger partial charge in [-0.2, -0.15) is 0 Å². The second kappa shape index (κ2) is 5.61. The zero-order chi connectivity index (χ0) is 11.3. The zero-order valence-electron chi connectivity index (χ0n) is 8.87. The first-order chi connectivity index (χ1) is 7.09. The third-order valence-corrected chi connectivity index (χ3v) is 2.21. The molecule has 1 aromatic rings. The Kier molecular flexibility index (Phi) is 4.43. The molecule has 0 radical (unpaired) electrons. The van der Waals surface area contributed by atoms with Crippen molar-refractivity contribution in [2.75, 3.05) is 0 Å². The second-order valence-corrected chi connectivity index (χ2v) is 3.80. The van der Waals surface area contributed by atoms with Crippen molar-refractivity contribution < 1.29 is 9.18 Å². The molecular formula is C12H16FNO. The lowest BCUT2D eigenvalue weighted by molar-refractivity contribution is 0.0978. The van der Waals surface area contributed by atoms with Gasteiger partial charge in [0.25, 0.3) is 0 Å². The molecule has 0 aliphatic carbocycles. The molecular weight excluding hydrogens is 193 g/mol. The monoisotopic (exact) mass is 209 g/mol. The number of hydrogen-bond donors (Lipinski definition) is 1. The molecule has 0 fully saturated rings. The first-order valence-corrected chi connectivity index (χ1v) is 5.14. The van der Waals surface area contributed by atoms with Gasteiger partial charge in [0.2, 0.25) is 0 Å². The molecule has 1 rings (SSSR count). The molecule has 1 atom stereocenters. The Morgan fingerprint density at radius 1 is 1.53 bits per heavy atom. The molecule has 0 amide bonds. The van der Waals surface area contributed by atoms with Crippen molar-refractivity contribution in [2.24, 2.45) is 5.73 Å². The van der Waals surface area contributed by atoms with Crippen molar-refractivity contribution in [1.82, 2.24) is 0 Å². The minimum absolute atomic E-state index is 0.0184. The Bertz CT molecular complexity index is 336. The van der Waals surface area contributed by atoms with Crippen LogP contribution in [0.3, 0.4) is 0 Å². The summed E-state index contributed by atoms with van der Waals surface area (Å²) in [6.45, 7) is 1.91. The van der Waals surface area contributed by atoms with Crippen molar-refractivity contribution in [3.8, 4) is 0 Å². The quantitative estimate of drug-likeness (QED) is 0.757. The molecule has 0 saturated carbocycles. The van der Waals surface area contributed by atoms with Gasteiger partial charge in [-0.15, -0.1) is 0 Å². The largest absolute Gasteiger partial charge is 0.328 e. The topological polar surface area (TPSA) is 43.1 Å². The summed E-state index contributed by atoms with van der Waals surface area (Å²) in [4.78, 5) is 11.6. The Labute approximate surface area is 89.3 Å². The number of ketones is 1. The van der Waals surface area contributed by atoms with Gasteiger partial charge in [-0.3, -0.25) is 4.79 Å². The van der Waals surface area contributed by atoms with Crippen molar-refractivity contribution in [2.45, 2.75) is 32.2 Å². The summed E-state index contributed by atoms with van der Waals surface area (Å²) in [7, 11) is 0. The van der Waals surface area contributed by atoms with Crippen LogP contribution in [0.5, 0.6) is 0 Å². The number of benzene rings is 1. The Hall–Kier alpha value is -1.22. The highest BCUT2D eigenvalue weighted by Crippen LogP contribution is 2.09. The second-order valence-electron chi connectivity index (χ2n) is 3.80. The lowest BCUT2D eigenvalue weighted by Gasteiger charge is -2.04. The highest BCUT2D eigenvalue weighted by molar-refractivity contribution is 5.95. The lowest BCUT2D eigenvalue weighted by Crippen LogP contribution is -2.14. The highest BCUT2D eigenvalue weighted by Gasteiger charge is 2.06. The molecule has 0 spiro atoms. The number of Topliss-reactive ketones (excluding diaryl/α,β-unsaturated/α-hetero) is 1. The van der Waals surface area contributed by atoms with Gasteiger partial charge >= 0.3 is 0 Å². The van der Waals surface area contributed by atoms with E-state index < -0.39 is 0 Å². The molecule has 15 heavy (non-hydrogen) atoms. The van der Waals surface area contributed by atoms with Crippen molar-refractivity contribution in [1.29, 1.82) is 0 Å². The molecule has 2 nitrogen and oxygen atoms in total. The van der Waals surface area contributed by atoms with Crippen LogP contribution in [0.15, 0.2) is 24.3 Å². The van der Waals surface area contributed by atoms with Crippen LogP contribution >= 0.6 is 0 Å². The van der Waals surface area contributed by atoms with E-state index in [0.717, 1.165) is 12.8 Å². The molecule has 1 unspecified atom stereocenters. The van der Waals surface area contributed by atoms with Gasteiger partial charge in [0.1, 0.15) is 5.82 Å². The first kappa shape index (κ1) is 11.9. The molecule has 0 aliphatic rings. The Morgan fingerprint density at radius 2 is 2.27 bits per heavy atom. The fraction of sp³-hybridized carbons (Fsp3) is 0.417. The third kappa shape index (κ3) is 4.21. The lowest BCUT2D eigenvalue weighted by atomic mass is 10.0. The Balaban J connectivity index is 2.47. The number of rotatable bonds is 5. The molecule has 0 heterocycles. The van der Waals surface area contributed by atoms with E-state index in [-0.39, 0.29) is 17.6 Å². The SMILES string of the molecule is CC(N)CCCC(=O)c1cccc(F)c1. The van der Waals surface area contributed by atoms with E-state index >= 15 is 0 Å². The maximum Gasteiger partial charge on any atom is 0.162 e. The van der Waals surface area contributed by atoms with E-state index in [1.165, 1.54) is 12.1 Å². The molecule has 2 N–H and O–H groups in total. The van der Waals surface area contributed by atoms with Gasteiger partial charge < -0.3 is 5.73 Å². The predicted octanol–water partition coefficient (Wildman–Crippen LogP) is 2.53. The van der Waals surface area contributed by atoms with Crippen LogP contribution in [0.4, 0.5) is 4.39 Å². The highest BCUT2D eigenvalue weighted by atomic mass is 19.1. The van der Waals surface area contributed by atoms with Crippen LogP contribution in [0.1, 0.15) is 36.5 Å². The summed E-state index contributed by atoms with van der Waals surface area (Å²) in [6, 6.07) is 5.91. The summed E-state index contributed by atoms with van der Waals surface area (Å²) >= 11 is 0. The van der Waals surface area contributed by atoms with E-state index in [1.807, 2.05) is 6.92 Å². The normalized spacial score (nSPS) is 12.5. The number of carbonyl (C=O) groups is 1. The number of hydrogen-bond acceptors (Lipinski definition) is 2. The summed E-state index contributed by atoms with van der Waals surface area (Å²) in [5.41, 5.74) is 6.01.